The molecule has 2 aliphatic rings. The molecule has 2 rings (SSSR count). The smallest absolute Gasteiger partial charge is 0.242 e. The average molecular weight is 180 g/mol. The van der Waals surface area contributed by atoms with E-state index in [9.17, 15) is 9.59 Å². The van der Waals surface area contributed by atoms with E-state index in [-0.39, 0.29) is 23.7 Å². The highest BCUT2D eigenvalue weighted by Crippen LogP contribution is 2.31. The number of rotatable bonds is 0. The number of carbonyl (C=O) groups excluding carboxylic acids is 2. The van der Waals surface area contributed by atoms with Gasteiger partial charge < -0.3 is 0 Å². The SMILES string of the molecule is CC1=CC[C@H]2C(=O)NNC(=O)[C@H]2C1. The first-order valence-electron chi connectivity index (χ1n) is 4.44. The van der Waals surface area contributed by atoms with Crippen LogP contribution in [0.1, 0.15) is 19.8 Å². The van der Waals surface area contributed by atoms with Gasteiger partial charge in [0.15, 0.2) is 0 Å². The molecule has 4 nitrogen and oxygen atoms in total. The van der Waals surface area contributed by atoms with Gasteiger partial charge in [0.25, 0.3) is 0 Å². The molecule has 1 saturated heterocycles. The standard InChI is InChI=1S/C9H12N2O2/c1-5-2-3-6-7(4-5)9(13)11-10-8(6)12/h2,6-7H,3-4H2,1H3,(H,10,12)(H,11,13)/t6-,7+/m1/s1. The monoisotopic (exact) mass is 180 g/mol. The normalized spacial score (nSPS) is 32.8. The number of amides is 2. The molecule has 0 saturated carbocycles. The lowest BCUT2D eigenvalue weighted by molar-refractivity contribution is -0.143. The van der Waals surface area contributed by atoms with E-state index in [1.54, 1.807) is 0 Å². The lowest BCUT2D eigenvalue weighted by atomic mass is 9.78. The summed E-state index contributed by atoms with van der Waals surface area (Å²) in [5.74, 6) is -0.429. The highest BCUT2D eigenvalue weighted by Gasteiger charge is 2.38. The maximum atomic E-state index is 11.4. The molecule has 2 amide bonds. The summed E-state index contributed by atoms with van der Waals surface area (Å²) in [4.78, 5) is 22.7. The molecule has 0 aromatic carbocycles. The molecule has 0 bridgehead atoms. The summed E-state index contributed by atoms with van der Waals surface area (Å²) >= 11 is 0. The zero-order valence-electron chi connectivity index (χ0n) is 7.46. The van der Waals surface area contributed by atoms with Crippen molar-refractivity contribution in [2.75, 3.05) is 0 Å². The van der Waals surface area contributed by atoms with Gasteiger partial charge in [-0.15, -0.1) is 0 Å². The minimum Gasteiger partial charge on any atom is -0.273 e. The zero-order chi connectivity index (χ0) is 9.42. The van der Waals surface area contributed by atoms with E-state index in [1.165, 1.54) is 5.57 Å². The molecule has 1 fully saturated rings. The predicted octanol–water partition coefficient (Wildman–Crippen LogP) is 0.120. The van der Waals surface area contributed by atoms with Crippen LogP contribution in [0.5, 0.6) is 0 Å². The molecule has 70 valence electrons. The molecular formula is C9H12N2O2. The lowest BCUT2D eigenvalue weighted by Crippen LogP contribution is -2.56. The van der Waals surface area contributed by atoms with E-state index in [0.717, 1.165) is 0 Å². The van der Waals surface area contributed by atoms with Crippen LogP contribution in [0.2, 0.25) is 0 Å². The highest BCUT2D eigenvalue weighted by molar-refractivity contribution is 5.93. The number of fused-ring (bicyclic) bond motifs is 1. The molecule has 13 heavy (non-hydrogen) atoms. The first kappa shape index (κ1) is 8.29. The Morgan fingerprint density at radius 3 is 2.54 bits per heavy atom. The summed E-state index contributed by atoms with van der Waals surface area (Å²) in [6, 6.07) is 0. The third-order valence-electron chi connectivity index (χ3n) is 2.73. The topological polar surface area (TPSA) is 58.2 Å². The molecule has 0 aromatic rings. The number of nitrogens with one attached hydrogen (secondary N) is 2. The second-order valence-electron chi connectivity index (χ2n) is 3.68. The Labute approximate surface area is 76.4 Å². The Balaban J connectivity index is 2.24. The van der Waals surface area contributed by atoms with Crippen molar-refractivity contribution in [3.63, 3.8) is 0 Å². The van der Waals surface area contributed by atoms with Crippen LogP contribution >= 0.6 is 0 Å². The van der Waals surface area contributed by atoms with Gasteiger partial charge in [0.05, 0.1) is 11.8 Å². The number of carbonyl (C=O) groups is 2. The number of hydrazine groups is 1. The minimum absolute atomic E-state index is 0.0583. The second-order valence-corrected chi connectivity index (χ2v) is 3.68. The van der Waals surface area contributed by atoms with E-state index < -0.39 is 0 Å². The summed E-state index contributed by atoms with van der Waals surface area (Å²) in [5, 5.41) is 0. The highest BCUT2D eigenvalue weighted by atomic mass is 16.2. The van der Waals surface area contributed by atoms with Crippen LogP contribution in [0, 0.1) is 11.8 Å². The van der Waals surface area contributed by atoms with Crippen molar-refractivity contribution >= 4 is 11.8 Å². The summed E-state index contributed by atoms with van der Waals surface area (Å²) in [5.41, 5.74) is 5.96. The van der Waals surface area contributed by atoms with Gasteiger partial charge in [0.2, 0.25) is 11.8 Å². The van der Waals surface area contributed by atoms with Crippen molar-refractivity contribution in [2.24, 2.45) is 11.8 Å². The van der Waals surface area contributed by atoms with E-state index in [4.69, 9.17) is 0 Å². The summed E-state index contributed by atoms with van der Waals surface area (Å²) < 4.78 is 0. The fraction of sp³-hybridized carbons (Fsp3) is 0.556. The van der Waals surface area contributed by atoms with Gasteiger partial charge in [0.1, 0.15) is 0 Å². The van der Waals surface area contributed by atoms with Gasteiger partial charge in [-0.3, -0.25) is 20.4 Å². The lowest BCUT2D eigenvalue weighted by Gasteiger charge is -2.32. The summed E-state index contributed by atoms with van der Waals surface area (Å²) in [7, 11) is 0. The Morgan fingerprint density at radius 1 is 1.23 bits per heavy atom. The third-order valence-corrected chi connectivity index (χ3v) is 2.73. The van der Waals surface area contributed by atoms with Gasteiger partial charge in [-0.1, -0.05) is 11.6 Å². The average Bonchev–Trinajstić information content (AvgIpc) is 2.12. The van der Waals surface area contributed by atoms with E-state index >= 15 is 0 Å². The van der Waals surface area contributed by atoms with Gasteiger partial charge in [-0.2, -0.15) is 0 Å². The largest absolute Gasteiger partial charge is 0.273 e. The first-order valence-corrected chi connectivity index (χ1v) is 4.44. The van der Waals surface area contributed by atoms with Crippen molar-refractivity contribution in [1.29, 1.82) is 0 Å². The van der Waals surface area contributed by atoms with Crippen LogP contribution in [0.3, 0.4) is 0 Å². The molecule has 0 aromatic heterocycles. The minimum atomic E-state index is -0.155. The fourth-order valence-electron chi connectivity index (χ4n) is 1.94. The molecule has 0 spiro atoms. The van der Waals surface area contributed by atoms with E-state index in [1.807, 2.05) is 13.0 Å². The molecular weight excluding hydrogens is 168 g/mol. The van der Waals surface area contributed by atoms with Gasteiger partial charge in [0, 0.05) is 0 Å². The molecule has 0 unspecified atom stereocenters. The van der Waals surface area contributed by atoms with Gasteiger partial charge >= 0.3 is 0 Å². The van der Waals surface area contributed by atoms with Crippen molar-refractivity contribution in [3.8, 4) is 0 Å². The summed E-state index contributed by atoms with van der Waals surface area (Å²) in [6.45, 7) is 2.00. The van der Waals surface area contributed by atoms with Crippen LogP contribution in [0.25, 0.3) is 0 Å². The Bertz CT molecular complexity index is 296. The maximum Gasteiger partial charge on any atom is 0.242 e. The molecule has 2 atom stereocenters. The van der Waals surface area contributed by atoms with Crippen LogP contribution in [-0.2, 0) is 9.59 Å². The molecule has 2 N–H and O–H groups in total. The van der Waals surface area contributed by atoms with Gasteiger partial charge in [-0.25, -0.2) is 0 Å². The Morgan fingerprint density at radius 2 is 1.85 bits per heavy atom. The van der Waals surface area contributed by atoms with Crippen LogP contribution in [-0.4, -0.2) is 11.8 Å². The quantitative estimate of drug-likeness (QED) is 0.520. The molecule has 1 aliphatic carbocycles. The molecule has 1 heterocycles. The van der Waals surface area contributed by atoms with E-state index in [0.29, 0.717) is 12.8 Å². The van der Waals surface area contributed by atoms with Crippen molar-refractivity contribution < 1.29 is 9.59 Å². The number of hydrogen-bond acceptors (Lipinski definition) is 2. The van der Waals surface area contributed by atoms with Crippen molar-refractivity contribution in [1.82, 2.24) is 10.9 Å². The van der Waals surface area contributed by atoms with Crippen molar-refractivity contribution in [2.45, 2.75) is 19.8 Å². The Hall–Kier alpha value is -1.32. The first-order chi connectivity index (χ1) is 6.18. The van der Waals surface area contributed by atoms with Crippen LogP contribution in [0.4, 0.5) is 0 Å². The maximum absolute atomic E-state index is 11.4. The second kappa shape index (κ2) is 2.87. The third kappa shape index (κ3) is 1.32. The predicted molar refractivity (Wildman–Crippen MR) is 46.3 cm³/mol. The molecule has 0 radical (unpaired) electrons. The molecule has 1 aliphatic heterocycles. The summed E-state index contributed by atoms with van der Waals surface area (Å²) in [6.07, 6.45) is 3.44. The number of allylic oxidation sites excluding steroid dienone is 2. The number of hydrogen-bond donors (Lipinski definition) is 2. The van der Waals surface area contributed by atoms with Gasteiger partial charge in [-0.05, 0) is 19.8 Å². The van der Waals surface area contributed by atoms with E-state index in [2.05, 4.69) is 10.9 Å². The Kier molecular flexibility index (Phi) is 1.83. The van der Waals surface area contributed by atoms with Crippen LogP contribution < -0.4 is 10.9 Å². The van der Waals surface area contributed by atoms with Crippen molar-refractivity contribution in [3.05, 3.63) is 11.6 Å². The van der Waals surface area contributed by atoms with Crippen LogP contribution in [0.15, 0.2) is 11.6 Å². The fourth-order valence-corrected chi connectivity index (χ4v) is 1.94. The molecule has 4 heteroatoms. The zero-order valence-corrected chi connectivity index (χ0v) is 7.46.